The minimum Gasteiger partial charge on any atom is -0.496 e. The zero-order chi connectivity index (χ0) is 15.2. The summed E-state index contributed by atoms with van der Waals surface area (Å²) in [6, 6.07) is 7.27. The van der Waals surface area contributed by atoms with Gasteiger partial charge in [0.25, 0.3) is 10.2 Å². The summed E-state index contributed by atoms with van der Waals surface area (Å²) in [4.78, 5) is 11.6. The van der Waals surface area contributed by atoms with Gasteiger partial charge in [0.05, 0.1) is 13.7 Å². The van der Waals surface area contributed by atoms with Gasteiger partial charge in [-0.05, 0) is 6.07 Å². The summed E-state index contributed by atoms with van der Waals surface area (Å²) in [5.74, 6) is 0.253. The van der Waals surface area contributed by atoms with E-state index in [1.807, 2.05) is 18.2 Å². The molecule has 0 bridgehead atoms. The third kappa shape index (κ3) is 4.80. The first-order valence-electron chi connectivity index (χ1n) is 5.92. The molecule has 0 fully saturated rings. The Kier molecular flexibility index (Phi) is 5.93. The highest BCUT2D eigenvalue weighted by Crippen LogP contribution is 2.16. The number of hydrogen-bond acceptors (Lipinski definition) is 4. The van der Waals surface area contributed by atoms with Crippen LogP contribution in [0.25, 0.3) is 0 Å². The smallest absolute Gasteiger partial charge is 0.279 e. The lowest BCUT2D eigenvalue weighted by Crippen LogP contribution is -2.41. The van der Waals surface area contributed by atoms with Crippen LogP contribution in [0.1, 0.15) is 5.56 Å². The fourth-order valence-electron chi connectivity index (χ4n) is 1.39. The lowest BCUT2D eigenvalue weighted by molar-refractivity contribution is -0.120. The van der Waals surface area contributed by atoms with E-state index < -0.39 is 16.1 Å². The van der Waals surface area contributed by atoms with E-state index in [1.54, 1.807) is 13.2 Å². The van der Waals surface area contributed by atoms with Crippen molar-refractivity contribution in [1.29, 1.82) is 0 Å². The summed E-state index contributed by atoms with van der Waals surface area (Å²) in [5, 5.41) is 2.62. The zero-order valence-electron chi connectivity index (χ0n) is 11.7. The zero-order valence-corrected chi connectivity index (χ0v) is 12.5. The Balaban J connectivity index is 2.48. The molecule has 2 N–H and O–H groups in total. The van der Waals surface area contributed by atoms with Crippen molar-refractivity contribution in [3.63, 3.8) is 0 Å². The number of para-hydroxylation sites is 1. The van der Waals surface area contributed by atoms with Gasteiger partial charge in [-0.15, -0.1) is 0 Å². The number of carbonyl (C=O) groups is 1. The Bertz CT molecular complexity index is 558. The first-order chi connectivity index (χ1) is 9.36. The van der Waals surface area contributed by atoms with Crippen molar-refractivity contribution in [2.75, 3.05) is 27.7 Å². The molecule has 8 heteroatoms. The molecule has 0 aromatic heterocycles. The van der Waals surface area contributed by atoms with Crippen molar-refractivity contribution in [3.8, 4) is 5.75 Å². The number of hydrogen-bond donors (Lipinski definition) is 2. The number of nitrogens with zero attached hydrogens (tertiary/aromatic N) is 1. The normalized spacial score (nSPS) is 11.4. The molecule has 0 saturated heterocycles. The van der Waals surface area contributed by atoms with E-state index in [1.165, 1.54) is 14.1 Å². The first kappa shape index (κ1) is 16.4. The molecule has 0 saturated carbocycles. The van der Waals surface area contributed by atoms with Gasteiger partial charge in [-0.2, -0.15) is 17.4 Å². The highest BCUT2D eigenvalue weighted by atomic mass is 32.2. The quantitative estimate of drug-likeness (QED) is 0.724. The summed E-state index contributed by atoms with van der Waals surface area (Å²) >= 11 is 0. The van der Waals surface area contributed by atoms with Crippen LogP contribution in [-0.2, 0) is 21.5 Å². The highest BCUT2D eigenvalue weighted by Gasteiger charge is 2.14. The molecular formula is C12H19N3O4S. The van der Waals surface area contributed by atoms with Crippen LogP contribution in [-0.4, -0.2) is 46.4 Å². The predicted molar refractivity (Wildman–Crippen MR) is 75.5 cm³/mol. The van der Waals surface area contributed by atoms with Crippen LogP contribution in [0.3, 0.4) is 0 Å². The van der Waals surface area contributed by atoms with Crippen LogP contribution >= 0.6 is 0 Å². The second-order valence-corrected chi connectivity index (χ2v) is 6.17. The van der Waals surface area contributed by atoms with Crippen molar-refractivity contribution in [2.24, 2.45) is 0 Å². The van der Waals surface area contributed by atoms with E-state index >= 15 is 0 Å². The molecule has 0 spiro atoms. The Morgan fingerprint density at radius 1 is 1.30 bits per heavy atom. The second kappa shape index (κ2) is 7.22. The van der Waals surface area contributed by atoms with Crippen LogP contribution in [0.4, 0.5) is 0 Å². The molecule has 20 heavy (non-hydrogen) atoms. The van der Waals surface area contributed by atoms with Gasteiger partial charge in [0.15, 0.2) is 0 Å². The molecular weight excluding hydrogens is 282 g/mol. The molecule has 0 aliphatic carbocycles. The van der Waals surface area contributed by atoms with Crippen LogP contribution < -0.4 is 14.8 Å². The van der Waals surface area contributed by atoms with Gasteiger partial charge in [0.1, 0.15) is 5.75 Å². The molecule has 0 unspecified atom stereocenters. The van der Waals surface area contributed by atoms with Gasteiger partial charge >= 0.3 is 0 Å². The maximum atomic E-state index is 11.6. The number of nitrogens with one attached hydrogen (secondary N) is 2. The number of rotatable bonds is 7. The Labute approximate surface area is 119 Å². The van der Waals surface area contributed by atoms with E-state index in [0.717, 1.165) is 9.87 Å². The molecule has 0 aliphatic rings. The van der Waals surface area contributed by atoms with Crippen LogP contribution in [0, 0.1) is 0 Å². The SMILES string of the molecule is COc1ccccc1CNC(=O)CNS(=O)(=O)N(C)C. The van der Waals surface area contributed by atoms with Crippen molar-refractivity contribution in [3.05, 3.63) is 29.8 Å². The van der Waals surface area contributed by atoms with Crippen molar-refractivity contribution in [1.82, 2.24) is 14.3 Å². The van der Waals surface area contributed by atoms with E-state index in [4.69, 9.17) is 4.74 Å². The molecule has 1 amide bonds. The summed E-state index contributed by atoms with van der Waals surface area (Å²) in [7, 11) is 0.724. The van der Waals surface area contributed by atoms with Gasteiger partial charge in [-0.3, -0.25) is 4.79 Å². The minimum atomic E-state index is -3.59. The van der Waals surface area contributed by atoms with Gasteiger partial charge in [-0.25, -0.2) is 0 Å². The van der Waals surface area contributed by atoms with Gasteiger partial charge < -0.3 is 10.1 Å². The van der Waals surface area contributed by atoms with Crippen LogP contribution in [0.5, 0.6) is 5.75 Å². The van der Waals surface area contributed by atoms with Crippen molar-refractivity contribution < 1.29 is 17.9 Å². The average molecular weight is 301 g/mol. The minimum absolute atomic E-state index is 0.270. The average Bonchev–Trinajstić information content (AvgIpc) is 2.43. The topological polar surface area (TPSA) is 87.7 Å². The lowest BCUT2D eigenvalue weighted by Gasteiger charge is -2.13. The van der Waals surface area contributed by atoms with Crippen molar-refractivity contribution >= 4 is 16.1 Å². The van der Waals surface area contributed by atoms with Gasteiger partial charge in [-0.1, -0.05) is 18.2 Å². The Morgan fingerprint density at radius 2 is 1.95 bits per heavy atom. The maximum absolute atomic E-state index is 11.6. The number of ether oxygens (including phenoxy) is 1. The molecule has 1 aromatic carbocycles. The first-order valence-corrected chi connectivity index (χ1v) is 7.36. The third-order valence-electron chi connectivity index (χ3n) is 2.56. The van der Waals surface area contributed by atoms with E-state index in [-0.39, 0.29) is 13.1 Å². The van der Waals surface area contributed by atoms with Crippen LogP contribution in [0.15, 0.2) is 24.3 Å². The molecule has 1 rings (SSSR count). The molecule has 1 aromatic rings. The third-order valence-corrected chi connectivity index (χ3v) is 4.03. The summed E-state index contributed by atoms with van der Waals surface area (Å²) in [5.41, 5.74) is 0.818. The Morgan fingerprint density at radius 3 is 2.55 bits per heavy atom. The molecule has 112 valence electrons. The lowest BCUT2D eigenvalue weighted by atomic mass is 10.2. The molecule has 0 heterocycles. The number of methoxy groups -OCH3 is 1. The van der Waals surface area contributed by atoms with E-state index in [2.05, 4.69) is 10.0 Å². The fourth-order valence-corrected chi connectivity index (χ4v) is 1.96. The Hall–Kier alpha value is -1.64. The highest BCUT2D eigenvalue weighted by molar-refractivity contribution is 7.87. The largest absolute Gasteiger partial charge is 0.496 e. The van der Waals surface area contributed by atoms with Crippen LogP contribution in [0.2, 0.25) is 0 Å². The number of benzene rings is 1. The summed E-state index contributed by atoms with van der Waals surface area (Å²) in [6.45, 7) is -0.0395. The van der Waals surface area contributed by atoms with Crippen molar-refractivity contribution in [2.45, 2.75) is 6.54 Å². The molecule has 0 aliphatic heterocycles. The number of amides is 1. The van der Waals surface area contributed by atoms with Gasteiger partial charge in [0.2, 0.25) is 5.91 Å². The molecule has 0 atom stereocenters. The summed E-state index contributed by atoms with van der Waals surface area (Å²) in [6.07, 6.45) is 0. The predicted octanol–water partition coefficient (Wildman–Crippen LogP) is -0.293. The monoisotopic (exact) mass is 301 g/mol. The van der Waals surface area contributed by atoms with Gasteiger partial charge in [0, 0.05) is 26.2 Å². The number of carbonyl (C=O) groups excluding carboxylic acids is 1. The molecule has 0 radical (unpaired) electrons. The second-order valence-electron chi connectivity index (χ2n) is 4.20. The maximum Gasteiger partial charge on any atom is 0.279 e. The summed E-state index contributed by atoms with van der Waals surface area (Å²) < 4.78 is 31.2. The standard InChI is InChI=1S/C12H19N3O4S/c1-15(2)20(17,18)14-9-12(16)13-8-10-6-4-5-7-11(10)19-3/h4-7,14H,8-9H2,1-3H3,(H,13,16). The fraction of sp³-hybridized carbons (Fsp3) is 0.417. The van der Waals surface area contributed by atoms with E-state index in [9.17, 15) is 13.2 Å². The molecule has 7 nitrogen and oxygen atoms in total. The van der Waals surface area contributed by atoms with E-state index in [0.29, 0.717) is 5.75 Å².